The number of hydrogen-bond donors (Lipinski definition) is 1. The van der Waals surface area contributed by atoms with Crippen molar-refractivity contribution in [3.8, 4) is 5.75 Å². The van der Waals surface area contributed by atoms with Crippen LogP contribution in [0.1, 0.15) is 28.8 Å². The van der Waals surface area contributed by atoms with Gasteiger partial charge >= 0.3 is 0 Å². The molecule has 1 N–H and O–H groups in total. The maximum Gasteiger partial charge on any atom is 0.273 e. The van der Waals surface area contributed by atoms with E-state index in [0.717, 1.165) is 44.1 Å². The fourth-order valence-corrected chi connectivity index (χ4v) is 4.33. The molecule has 154 valence electrons. The molecule has 0 aromatic heterocycles. The minimum absolute atomic E-state index is 0.0381. The zero-order chi connectivity index (χ0) is 21.0. The molecule has 0 radical (unpaired) electrons. The summed E-state index contributed by atoms with van der Waals surface area (Å²) in [4.78, 5) is 24.3. The fraction of sp³-hybridized carbons (Fsp3) is 0.316. The van der Waals surface area contributed by atoms with Gasteiger partial charge in [0, 0.05) is 31.3 Å². The molecule has 1 fully saturated rings. The summed E-state index contributed by atoms with van der Waals surface area (Å²) >= 11 is 0. The zero-order valence-electron chi connectivity index (χ0n) is 15.8. The maximum atomic E-state index is 12.7. The van der Waals surface area contributed by atoms with E-state index in [2.05, 4.69) is 4.72 Å². The average molecular weight is 419 g/mol. The molecule has 0 saturated carbocycles. The third-order valence-electron chi connectivity index (χ3n) is 4.68. The van der Waals surface area contributed by atoms with Crippen molar-refractivity contribution in [2.75, 3.05) is 20.2 Å². The Morgan fingerprint density at radius 1 is 1.21 bits per heavy atom. The molecule has 1 saturated heterocycles. The maximum absolute atomic E-state index is 12.7. The van der Waals surface area contributed by atoms with Crippen LogP contribution in [0.25, 0.3) is 0 Å². The third-order valence-corrected chi connectivity index (χ3v) is 6.12. The summed E-state index contributed by atoms with van der Waals surface area (Å²) in [6, 6.07) is 10.1. The van der Waals surface area contributed by atoms with Crippen molar-refractivity contribution in [3.05, 3.63) is 63.7 Å². The third kappa shape index (κ3) is 4.72. The van der Waals surface area contributed by atoms with Crippen LogP contribution >= 0.6 is 0 Å². The zero-order valence-corrected chi connectivity index (χ0v) is 16.6. The second-order valence-corrected chi connectivity index (χ2v) is 8.35. The van der Waals surface area contributed by atoms with E-state index in [1.165, 1.54) is 7.11 Å². The first kappa shape index (κ1) is 20.7. The van der Waals surface area contributed by atoms with Gasteiger partial charge in [-0.15, -0.1) is 0 Å². The molecule has 0 unspecified atom stereocenters. The van der Waals surface area contributed by atoms with Crippen LogP contribution in [0.4, 0.5) is 5.69 Å². The van der Waals surface area contributed by atoms with Crippen molar-refractivity contribution >= 4 is 21.6 Å². The van der Waals surface area contributed by atoms with E-state index in [1.807, 2.05) is 0 Å². The number of benzene rings is 2. The van der Waals surface area contributed by atoms with Gasteiger partial charge in [-0.25, -0.2) is 13.1 Å². The van der Waals surface area contributed by atoms with E-state index in [0.29, 0.717) is 11.1 Å². The van der Waals surface area contributed by atoms with Crippen LogP contribution in [0.15, 0.2) is 47.4 Å². The number of carbonyl (C=O) groups excluding carboxylic acids is 1. The van der Waals surface area contributed by atoms with Gasteiger partial charge in [0.15, 0.2) is 0 Å². The number of non-ortho nitro benzene ring substituents is 1. The Morgan fingerprint density at radius 3 is 2.59 bits per heavy atom. The lowest BCUT2D eigenvalue weighted by Gasteiger charge is -2.16. The highest BCUT2D eigenvalue weighted by atomic mass is 32.2. The topological polar surface area (TPSA) is 119 Å². The fourth-order valence-electron chi connectivity index (χ4n) is 3.17. The number of nitrogens with one attached hydrogen (secondary N) is 1. The van der Waals surface area contributed by atoms with Gasteiger partial charge in [0.25, 0.3) is 11.6 Å². The normalized spacial score (nSPS) is 14.0. The summed E-state index contributed by atoms with van der Waals surface area (Å²) in [5.74, 6) is -0.186. The molecule has 29 heavy (non-hydrogen) atoms. The monoisotopic (exact) mass is 419 g/mol. The van der Waals surface area contributed by atoms with Crippen LogP contribution in [0.5, 0.6) is 5.75 Å². The first-order valence-electron chi connectivity index (χ1n) is 9.02. The summed E-state index contributed by atoms with van der Waals surface area (Å²) in [7, 11) is -2.74. The quantitative estimate of drug-likeness (QED) is 0.543. The van der Waals surface area contributed by atoms with Crippen LogP contribution in [-0.4, -0.2) is 44.3 Å². The minimum Gasteiger partial charge on any atom is -0.495 e. The Bertz CT molecular complexity index is 1030. The van der Waals surface area contributed by atoms with Crippen LogP contribution in [0.3, 0.4) is 0 Å². The number of ether oxygens (including phenoxy) is 1. The van der Waals surface area contributed by atoms with Crippen LogP contribution < -0.4 is 9.46 Å². The highest BCUT2D eigenvalue weighted by Gasteiger charge is 2.23. The van der Waals surface area contributed by atoms with Gasteiger partial charge < -0.3 is 9.64 Å². The molecule has 9 nitrogen and oxygen atoms in total. The molecule has 1 aliphatic heterocycles. The Morgan fingerprint density at radius 2 is 1.93 bits per heavy atom. The SMILES string of the molecule is COc1cc([N+](=O)[O-])ccc1S(=O)(=O)NCc1cccc(C(=O)N2CCCC2)c1. The number of likely N-dealkylation sites (tertiary alicyclic amines) is 1. The number of nitro benzene ring substituents is 1. The molecule has 10 heteroatoms. The number of hydrogen-bond acceptors (Lipinski definition) is 6. The Balaban J connectivity index is 1.76. The molecule has 0 spiro atoms. The number of nitro groups is 1. The molecule has 1 heterocycles. The number of carbonyl (C=O) groups is 1. The second-order valence-electron chi connectivity index (χ2n) is 6.62. The Labute approximate surface area is 168 Å². The lowest BCUT2D eigenvalue weighted by Crippen LogP contribution is -2.28. The second kappa shape index (κ2) is 8.58. The van der Waals surface area contributed by atoms with Crippen molar-refractivity contribution < 1.29 is 22.9 Å². The molecular weight excluding hydrogens is 398 g/mol. The van der Waals surface area contributed by atoms with Crippen molar-refractivity contribution in [3.63, 3.8) is 0 Å². The van der Waals surface area contributed by atoms with Gasteiger partial charge in [0.2, 0.25) is 10.0 Å². The first-order chi connectivity index (χ1) is 13.8. The number of nitrogens with zero attached hydrogens (tertiary/aromatic N) is 2. The van der Waals surface area contributed by atoms with Gasteiger partial charge in [-0.2, -0.15) is 0 Å². The predicted molar refractivity (Wildman–Crippen MR) is 105 cm³/mol. The van der Waals surface area contributed by atoms with Crippen molar-refractivity contribution in [1.29, 1.82) is 0 Å². The Hall–Kier alpha value is -2.98. The standard InChI is InChI=1S/C19H21N3O6S/c1-28-17-12-16(22(24)25)7-8-18(17)29(26,27)20-13-14-5-4-6-15(11-14)19(23)21-9-2-3-10-21/h4-8,11-12,20H,2-3,9-10,13H2,1H3. The lowest BCUT2D eigenvalue weighted by molar-refractivity contribution is -0.385. The number of amides is 1. The number of sulfonamides is 1. The van der Waals surface area contributed by atoms with Crippen LogP contribution in [0.2, 0.25) is 0 Å². The molecule has 0 atom stereocenters. The molecule has 2 aromatic carbocycles. The van der Waals surface area contributed by atoms with Crippen LogP contribution in [-0.2, 0) is 16.6 Å². The summed E-state index contributed by atoms with van der Waals surface area (Å²) < 4.78 is 32.8. The van der Waals surface area contributed by atoms with Gasteiger partial charge in [0.05, 0.1) is 18.1 Å². The molecular formula is C19H21N3O6S. The summed E-state index contributed by atoms with van der Waals surface area (Å²) in [6.07, 6.45) is 1.98. The van der Waals surface area contributed by atoms with Crippen molar-refractivity contribution in [1.82, 2.24) is 9.62 Å². The molecule has 0 aliphatic carbocycles. The van der Waals surface area contributed by atoms with Gasteiger partial charge in [0.1, 0.15) is 10.6 Å². The van der Waals surface area contributed by atoms with E-state index in [1.54, 1.807) is 29.2 Å². The number of methoxy groups -OCH3 is 1. The van der Waals surface area contributed by atoms with E-state index < -0.39 is 14.9 Å². The summed E-state index contributed by atoms with van der Waals surface area (Å²) in [6.45, 7) is 1.43. The van der Waals surface area contributed by atoms with Gasteiger partial charge in [-0.3, -0.25) is 14.9 Å². The van der Waals surface area contributed by atoms with Gasteiger partial charge in [-0.1, -0.05) is 12.1 Å². The van der Waals surface area contributed by atoms with E-state index in [9.17, 15) is 23.3 Å². The van der Waals surface area contributed by atoms with E-state index >= 15 is 0 Å². The van der Waals surface area contributed by atoms with E-state index in [4.69, 9.17) is 4.74 Å². The largest absolute Gasteiger partial charge is 0.495 e. The highest BCUT2D eigenvalue weighted by molar-refractivity contribution is 7.89. The highest BCUT2D eigenvalue weighted by Crippen LogP contribution is 2.28. The smallest absolute Gasteiger partial charge is 0.273 e. The summed E-state index contributed by atoms with van der Waals surface area (Å²) in [5, 5.41) is 10.9. The van der Waals surface area contributed by atoms with Gasteiger partial charge in [-0.05, 0) is 36.6 Å². The van der Waals surface area contributed by atoms with E-state index in [-0.39, 0.29) is 28.8 Å². The summed E-state index contributed by atoms with van der Waals surface area (Å²) in [5.41, 5.74) is 0.866. The van der Waals surface area contributed by atoms with Crippen molar-refractivity contribution in [2.24, 2.45) is 0 Å². The average Bonchev–Trinajstić information content (AvgIpc) is 3.26. The van der Waals surface area contributed by atoms with Crippen molar-refractivity contribution in [2.45, 2.75) is 24.3 Å². The minimum atomic E-state index is -3.99. The molecule has 3 rings (SSSR count). The molecule has 0 bridgehead atoms. The number of rotatable bonds is 7. The molecule has 2 aromatic rings. The first-order valence-corrected chi connectivity index (χ1v) is 10.5. The molecule has 1 aliphatic rings. The molecule has 1 amide bonds. The lowest BCUT2D eigenvalue weighted by atomic mass is 10.1. The Kier molecular flexibility index (Phi) is 6.14. The van der Waals surface area contributed by atoms with Crippen LogP contribution in [0, 0.1) is 10.1 Å². The predicted octanol–water partition coefficient (Wildman–Crippen LogP) is 2.32.